The van der Waals surface area contributed by atoms with Crippen LogP contribution in [0.3, 0.4) is 0 Å². The van der Waals surface area contributed by atoms with E-state index in [9.17, 15) is 0 Å². The van der Waals surface area contributed by atoms with Crippen LogP contribution in [-0.2, 0) is 5.41 Å². The van der Waals surface area contributed by atoms with Crippen molar-refractivity contribution in [2.24, 2.45) is 0 Å². The quantitative estimate of drug-likeness (QED) is 0.149. The minimum absolute atomic E-state index is 0.439. The van der Waals surface area contributed by atoms with E-state index in [4.69, 9.17) is 0 Å². The van der Waals surface area contributed by atoms with Gasteiger partial charge in [-0.2, -0.15) is 0 Å². The lowest BCUT2D eigenvalue weighted by Crippen LogP contribution is -2.28. The van der Waals surface area contributed by atoms with Gasteiger partial charge >= 0.3 is 0 Å². The number of fused-ring (bicyclic) bond motifs is 4. The highest BCUT2D eigenvalue weighted by atomic mass is 15.1. The topological polar surface area (TPSA) is 3.24 Å². The first-order valence-corrected chi connectivity index (χ1v) is 20.8. The predicted octanol–water partition coefficient (Wildman–Crippen LogP) is 15.7. The summed E-state index contributed by atoms with van der Waals surface area (Å²) in [6.45, 7) is 0. The highest BCUT2D eigenvalue weighted by Gasteiger charge is 2.46. The molecule has 10 aromatic rings. The molecule has 0 bridgehead atoms. The summed E-state index contributed by atoms with van der Waals surface area (Å²) < 4.78 is 0. The van der Waals surface area contributed by atoms with Crippen LogP contribution in [0.25, 0.3) is 55.3 Å². The van der Waals surface area contributed by atoms with Gasteiger partial charge in [-0.05, 0) is 108 Å². The van der Waals surface area contributed by atoms with Crippen molar-refractivity contribution in [3.8, 4) is 44.5 Å². The van der Waals surface area contributed by atoms with Gasteiger partial charge in [-0.1, -0.05) is 212 Å². The van der Waals surface area contributed by atoms with Crippen molar-refractivity contribution in [3.63, 3.8) is 0 Å². The fourth-order valence-corrected chi connectivity index (χ4v) is 9.65. The van der Waals surface area contributed by atoms with E-state index in [1.807, 2.05) is 0 Å². The lowest BCUT2D eigenvalue weighted by Gasteiger charge is -2.34. The lowest BCUT2D eigenvalue weighted by atomic mass is 9.67. The van der Waals surface area contributed by atoms with E-state index in [1.54, 1.807) is 0 Å². The van der Waals surface area contributed by atoms with Gasteiger partial charge in [0.25, 0.3) is 0 Å². The van der Waals surface area contributed by atoms with Gasteiger partial charge in [0.05, 0.1) is 11.1 Å². The van der Waals surface area contributed by atoms with E-state index in [0.29, 0.717) is 0 Å². The molecule has 1 nitrogen and oxygen atoms in total. The summed E-state index contributed by atoms with van der Waals surface area (Å²) >= 11 is 0. The molecular formula is C59H41N. The van der Waals surface area contributed by atoms with Crippen LogP contribution in [0.15, 0.2) is 249 Å². The molecule has 0 radical (unpaired) electrons. The van der Waals surface area contributed by atoms with Crippen LogP contribution >= 0.6 is 0 Å². The zero-order chi connectivity index (χ0) is 39.9. The van der Waals surface area contributed by atoms with Gasteiger partial charge in [0.2, 0.25) is 0 Å². The average Bonchev–Trinajstić information content (AvgIpc) is 3.64. The predicted molar refractivity (Wildman–Crippen MR) is 252 cm³/mol. The van der Waals surface area contributed by atoms with Gasteiger partial charge in [-0.25, -0.2) is 0 Å². The number of anilines is 3. The van der Waals surface area contributed by atoms with Crippen molar-refractivity contribution in [2.75, 3.05) is 4.90 Å². The first-order chi connectivity index (χ1) is 29.8. The van der Waals surface area contributed by atoms with Crippen LogP contribution in [0, 0.1) is 0 Å². The van der Waals surface area contributed by atoms with Gasteiger partial charge < -0.3 is 4.90 Å². The molecule has 60 heavy (non-hydrogen) atoms. The van der Waals surface area contributed by atoms with Gasteiger partial charge in [-0.15, -0.1) is 0 Å². The summed E-state index contributed by atoms with van der Waals surface area (Å²) in [7, 11) is 0. The Kier molecular flexibility index (Phi) is 8.79. The maximum Gasteiger partial charge on any atom is 0.0713 e. The molecule has 0 spiro atoms. The Hall–Kier alpha value is -7.74. The third-order valence-electron chi connectivity index (χ3n) is 12.4. The second-order valence-corrected chi connectivity index (χ2v) is 15.6. The van der Waals surface area contributed by atoms with Crippen molar-refractivity contribution >= 4 is 27.8 Å². The Morgan fingerprint density at radius 2 is 0.767 bits per heavy atom. The third kappa shape index (κ3) is 5.86. The molecule has 0 heterocycles. The van der Waals surface area contributed by atoms with E-state index < -0.39 is 5.41 Å². The molecule has 0 fully saturated rings. The van der Waals surface area contributed by atoms with Crippen LogP contribution in [-0.4, -0.2) is 0 Å². The molecule has 1 heteroatoms. The molecule has 10 aromatic carbocycles. The second kappa shape index (κ2) is 14.9. The molecule has 282 valence electrons. The molecule has 0 saturated carbocycles. The molecule has 0 unspecified atom stereocenters. The Morgan fingerprint density at radius 1 is 0.283 bits per heavy atom. The van der Waals surface area contributed by atoms with Gasteiger partial charge in [0.15, 0.2) is 0 Å². The summed E-state index contributed by atoms with van der Waals surface area (Å²) in [5.74, 6) is 0. The van der Waals surface area contributed by atoms with E-state index in [-0.39, 0.29) is 0 Å². The number of para-hydroxylation sites is 2. The standard InChI is InChI=1S/C59H41N/c1-4-19-48(20-5-1)59(49-21-6-2-7-22-49)55-28-14-12-26-54(55)58-53(27-16-29-56(58)59)45-37-39-51(40-38-45)60(50-23-8-3-9-24-50)57-30-15-13-25-52(57)44-34-31-43(32-35-44)47-36-33-42-17-10-11-18-46(42)41-47/h1-41H. The van der Waals surface area contributed by atoms with Crippen molar-refractivity contribution < 1.29 is 0 Å². The third-order valence-corrected chi connectivity index (χ3v) is 12.4. The summed E-state index contributed by atoms with van der Waals surface area (Å²) in [6, 6.07) is 90.8. The van der Waals surface area contributed by atoms with Crippen molar-refractivity contribution in [2.45, 2.75) is 5.41 Å². The maximum absolute atomic E-state index is 2.39. The SMILES string of the molecule is c1ccc(N(c2ccc(-c3cccc4c3-c3ccccc3C4(c3ccccc3)c3ccccc3)cc2)c2ccccc2-c2ccc(-c3ccc4ccccc4c3)cc2)cc1. The van der Waals surface area contributed by atoms with Gasteiger partial charge in [0.1, 0.15) is 0 Å². The molecule has 0 aromatic heterocycles. The average molecular weight is 764 g/mol. The van der Waals surface area contributed by atoms with E-state index in [0.717, 1.165) is 17.1 Å². The Labute approximate surface area is 352 Å². The van der Waals surface area contributed by atoms with Crippen molar-refractivity contribution in [3.05, 3.63) is 271 Å². The minimum Gasteiger partial charge on any atom is -0.310 e. The summed E-state index contributed by atoms with van der Waals surface area (Å²) in [5.41, 5.74) is 17.8. The normalized spacial score (nSPS) is 12.5. The first kappa shape index (κ1) is 35.4. The highest BCUT2D eigenvalue weighted by Crippen LogP contribution is 2.58. The fraction of sp³-hybridized carbons (Fsp3) is 0.0169. The number of hydrogen-bond acceptors (Lipinski definition) is 1. The van der Waals surface area contributed by atoms with Crippen molar-refractivity contribution in [1.29, 1.82) is 0 Å². The molecule has 0 amide bonds. The van der Waals surface area contributed by atoms with Crippen molar-refractivity contribution in [1.82, 2.24) is 0 Å². The highest BCUT2D eigenvalue weighted by molar-refractivity contribution is 5.96. The minimum atomic E-state index is -0.439. The molecule has 1 aliphatic carbocycles. The van der Waals surface area contributed by atoms with E-state index in [1.165, 1.54) is 77.5 Å². The number of hydrogen-bond donors (Lipinski definition) is 0. The molecule has 11 rings (SSSR count). The lowest BCUT2D eigenvalue weighted by molar-refractivity contribution is 0.768. The Bertz CT molecular complexity index is 3070. The number of nitrogens with zero attached hydrogens (tertiary/aromatic N) is 1. The zero-order valence-electron chi connectivity index (χ0n) is 33.1. The number of benzene rings is 10. The molecule has 1 aliphatic rings. The molecular weight excluding hydrogens is 723 g/mol. The summed E-state index contributed by atoms with van der Waals surface area (Å²) in [4.78, 5) is 2.39. The largest absolute Gasteiger partial charge is 0.310 e. The maximum atomic E-state index is 2.39. The van der Waals surface area contributed by atoms with Crippen LogP contribution in [0.5, 0.6) is 0 Å². The van der Waals surface area contributed by atoms with Gasteiger partial charge in [0, 0.05) is 16.9 Å². The molecule has 0 N–H and O–H groups in total. The molecule has 0 saturated heterocycles. The number of rotatable bonds is 8. The van der Waals surface area contributed by atoms with Crippen LogP contribution in [0.2, 0.25) is 0 Å². The second-order valence-electron chi connectivity index (χ2n) is 15.6. The molecule has 0 atom stereocenters. The smallest absolute Gasteiger partial charge is 0.0713 e. The van der Waals surface area contributed by atoms with Crippen LogP contribution in [0.4, 0.5) is 17.1 Å². The van der Waals surface area contributed by atoms with Crippen LogP contribution < -0.4 is 4.90 Å². The van der Waals surface area contributed by atoms with Gasteiger partial charge in [-0.3, -0.25) is 0 Å². The van der Waals surface area contributed by atoms with Crippen LogP contribution in [0.1, 0.15) is 22.3 Å². The summed E-state index contributed by atoms with van der Waals surface area (Å²) in [5, 5.41) is 2.51. The first-order valence-electron chi connectivity index (χ1n) is 20.8. The Morgan fingerprint density at radius 3 is 1.48 bits per heavy atom. The van der Waals surface area contributed by atoms with E-state index >= 15 is 0 Å². The fourth-order valence-electron chi connectivity index (χ4n) is 9.65. The van der Waals surface area contributed by atoms with E-state index in [2.05, 4.69) is 254 Å². The summed E-state index contributed by atoms with van der Waals surface area (Å²) in [6.07, 6.45) is 0. The zero-order valence-corrected chi connectivity index (χ0v) is 33.1. The monoisotopic (exact) mass is 763 g/mol. The molecule has 0 aliphatic heterocycles. The Balaban J connectivity index is 1.01.